The molecule has 20 heavy (non-hydrogen) atoms. The third kappa shape index (κ3) is 2.81. The van der Waals surface area contributed by atoms with Crippen molar-refractivity contribution in [3.63, 3.8) is 0 Å². The quantitative estimate of drug-likeness (QED) is 0.885. The number of nitrogens with zero attached hydrogens (tertiary/aromatic N) is 4. The third-order valence-electron chi connectivity index (χ3n) is 3.42. The Kier molecular flexibility index (Phi) is 3.54. The summed E-state index contributed by atoms with van der Waals surface area (Å²) in [5.41, 5.74) is -0.0581. The normalized spacial score (nSPS) is 15.2. The van der Waals surface area contributed by atoms with E-state index in [2.05, 4.69) is 10.3 Å². The second-order valence-electron chi connectivity index (χ2n) is 6.24. The molecule has 0 saturated heterocycles. The van der Waals surface area contributed by atoms with Gasteiger partial charge in [-0.25, -0.2) is 9.48 Å². The molecule has 1 aromatic heterocycles. The summed E-state index contributed by atoms with van der Waals surface area (Å²) in [5.74, 6) is -1.19. The average Bonchev–Trinajstić information content (AvgIpc) is 3.07. The van der Waals surface area contributed by atoms with Gasteiger partial charge in [-0.3, -0.25) is 4.79 Å². The molecule has 7 nitrogen and oxygen atoms in total. The molecular formula is C13H20N4O3. The van der Waals surface area contributed by atoms with Crippen molar-refractivity contribution in [1.29, 1.82) is 0 Å². The van der Waals surface area contributed by atoms with Gasteiger partial charge in [-0.1, -0.05) is 26.0 Å². The number of hydrogen-bond donors (Lipinski definition) is 1. The van der Waals surface area contributed by atoms with E-state index in [9.17, 15) is 14.7 Å². The van der Waals surface area contributed by atoms with Crippen molar-refractivity contribution in [3.05, 3.63) is 11.4 Å². The molecule has 0 unspecified atom stereocenters. The number of carbonyl (C=O) groups excluding carboxylic acids is 1. The van der Waals surface area contributed by atoms with E-state index in [0.29, 0.717) is 11.7 Å². The zero-order valence-electron chi connectivity index (χ0n) is 12.3. The van der Waals surface area contributed by atoms with Crippen LogP contribution in [0.25, 0.3) is 0 Å². The number of carboxylic acid groups (broad SMARTS) is 1. The average molecular weight is 280 g/mol. The van der Waals surface area contributed by atoms with Gasteiger partial charge >= 0.3 is 5.97 Å². The number of rotatable bonds is 4. The summed E-state index contributed by atoms with van der Waals surface area (Å²) in [6.07, 6.45) is 2.07. The smallest absolute Gasteiger partial charge is 0.358 e. The van der Waals surface area contributed by atoms with E-state index >= 15 is 0 Å². The first kappa shape index (κ1) is 14.5. The maximum Gasteiger partial charge on any atom is 0.358 e. The van der Waals surface area contributed by atoms with Crippen molar-refractivity contribution in [1.82, 2.24) is 19.9 Å². The lowest BCUT2D eigenvalue weighted by atomic mass is 9.90. The Labute approximate surface area is 117 Å². The first-order valence-electron chi connectivity index (χ1n) is 6.64. The summed E-state index contributed by atoms with van der Waals surface area (Å²) < 4.78 is 1.41. The Morgan fingerprint density at radius 2 is 2.00 bits per heavy atom. The highest BCUT2D eigenvalue weighted by atomic mass is 16.4. The van der Waals surface area contributed by atoms with Gasteiger partial charge in [-0.2, -0.15) is 0 Å². The van der Waals surface area contributed by atoms with Gasteiger partial charge in [0.2, 0.25) is 5.91 Å². The van der Waals surface area contributed by atoms with Crippen LogP contribution in [0.5, 0.6) is 0 Å². The zero-order chi connectivity index (χ0) is 15.1. The van der Waals surface area contributed by atoms with Crippen LogP contribution in [-0.4, -0.2) is 50.0 Å². The predicted molar refractivity (Wildman–Crippen MR) is 71.5 cm³/mol. The molecule has 0 spiro atoms. The van der Waals surface area contributed by atoms with Gasteiger partial charge in [-0.15, -0.1) is 5.10 Å². The van der Waals surface area contributed by atoms with E-state index in [0.717, 1.165) is 12.8 Å². The van der Waals surface area contributed by atoms with Crippen LogP contribution in [0.4, 0.5) is 0 Å². The SMILES string of the molecule is CN(C(=O)Cn1nnc(C(=O)O)c1C(C)(C)C)C1CC1. The predicted octanol–water partition coefficient (Wildman–Crippen LogP) is 0.895. The van der Waals surface area contributed by atoms with Crippen molar-refractivity contribution in [2.24, 2.45) is 0 Å². The number of hydrogen-bond acceptors (Lipinski definition) is 4. The molecule has 1 aliphatic carbocycles. The van der Waals surface area contributed by atoms with Crippen molar-refractivity contribution in [2.45, 2.75) is 51.6 Å². The van der Waals surface area contributed by atoms with Crippen molar-refractivity contribution in [2.75, 3.05) is 7.05 Å². The molecule has 0 radical (unpaired) electrons. The molecule has 1 aromatic rings. The topological polar surface area (TPSA) is 88.3 Å². The van der Waals surface area contributed by atoms with Crippen molar-refractivity contribution in [3.8, 4) is 0 Å². The van der Waals surface area contributed by atoms with Crippen LogP contribution >= 0.6 is 0 Å². The first-order chi connectivity index (χ1) is 9.21. The summed E-state index contributed by atoms with van der Waals surface area (Å²) in [6, 6.07) is 0.322. The molecule has 1 amide bonds. The molecule has 110 valence electrons. The zero-order valence-corrected chi connectivity index (χ0v) is 12.3. The number of amides is 1. The minimum Gasteiger partial charge on any atom is -0.476 e. The lowest BCUT2D eigenvalue weighted by Crippen LogP contribution is -2.34. The van der Waals surface area contributed by atoms with Gasteiger partial charge in [0, 0.05) is 18.5 Å². The Morgan fingerprint density at radius 1 is 1.40 bits per heavy atom. The molecule has 0 atom stereocenters. The van der Waals surface area contributed by atoms with Gasteiger partial charge in [-0.05, 0) is 12.8 Å². The molecule has 0 aromatic carbocycles. The second-order valence-corrected chi connectivity index (χ2v) is 6.24. The van der Waals surface area contributed by atoms with Gasteiger partial charge in [0.15, 0.2) is 5.69 Å². The van der Waals surface area contributed by atoms with Crippen LogP contribution in [0.15, 0.2) is 0 Å². The van der Waals surface area contributed by atoms with E-state index < -0.39 is 11.4 Å². The Balaban J connectivity index is 2.27. The summed E-state index contributed by atoms with van der Waals surface area (Å²) in [7, 11) is 1.77. The highest BCUT2D eigenvalue weighted by Gasteiger charge is 2.33. The van der Waals surface area contributed by atoms with Crippen LogP contribution in [0.2, 0.25) is 0 Å². The third-order valence-corrected chi connectivity index (χ3v) is 3.42. The van der Waals surface area contributed by atoms with Crippen molar-refractivity contribution >= 4 is 11.9 Å². The van der Waals surface area contributed by atoms with Crippen LogP contribution in [-0.2, 0) is 16.8 Å². The Hall–Kier alpha value is -1.92. The highest BCUT2D eigenvalue weighted by Crippen LogP contribution is 2.27. The summed E-state index contributed by atoms with van der Waals surface area (Å²) in [5, 5.41) is 16.7. The summed E-state index contributed by atoms with van der Waals surface area (Å²) in [6.45, 7) is 5.66. The van der Waals surface area contributed by atoms with Crippen molar-refractivity contribution < 1.29 is 14.7 Å². The Morgan fingerprint density at radius 3 is 2.45 bits per heavy atom. The molecule has 2 rings (SSSR count). The van der Waals surface area contributed by atoms with Crippen LogP contribution in [0.3, 0.4) is 0 Å². The van der Waals surface area contributed by atoms with Crippen LogP contribution in [0.1, 0.15) is 49.8 Å². The van der Waals surface area contributed by atoms with E-state index in [1.807, 2.05) is 20.8 Å². The monoisotopic (exact) mass is 280 g/mol. The second kappa shape index (κ2) is 4.88. The lowest BCUT2D eigenvalue weighted by Gasteiger charge is -2.22. The number of carboxylic acids is 1. The van der Waals surface area contributed by atoms with E-state index in [1.165, 1.54) is 4.68 Å². The van der Waals surface area contributed by atoms with Crippen LogP contribution < -0.4 is 0 Å². The van der Waals surface area contributed by atoms with Gasteiger partial charge in [0.1, 0.15) is 6.54 Å². The Bertz CT molecular complexity index is 540. The molecule has 0 aliphatic heterocycles. The standard InChI is InChI=1S/C13H20N4O3/c1-13(2,3)11-10(12(19)20)14-15-17(11)7-9(18)16(4)8-5-6-8/h8H,5-7H2,1-4H3,(H,19,20). The van der Waals surface area contributed by atoms with E-state index in [1.54, 1.807) is 11.9 Å². The van der Waals surface area contributed by atoms with Gasteiger partial charge in [0.05, 0.1) is 5.69 Å². The molecule has 1 aliphatic rings. The number of carbonyl (C=O) groups is 2. The molecule has 7 heteroatoms. The van der Waals surface area contributed by atoms with E-state index in [-0.39, 0.29) is 18.1 Å². The summed E-state index contributed by atoms with van der Waals surface area (Å²) in [4.78, 5) is 25.1. The molecule has 1 N–H and O–H groups in total. The molecule has 0 bridgehead atoms. The molecule has 1 heterocycles. The minimum absolute atomic E-state index is 0.0277. The van der Waals surface area contributed by atoms with E-state index in [4.69, 9.17) is 0 Å². The largest absolute Gasteiger partial charge is 0.476 e. The molecule has 1 fully saturated rings. The minimum atomic E-state index is -1.12. The maximum atomic E-state index is 12.1. The number of aromatic nitrogens is 3. The fourth-order valence-corrected chi connectivity index (χ4v) is 2.22. The highest BCUT2D eigenvalue weighted by molar-refractivity contribution is 5.87. The molecule has 1 saturated carbocycles. The fourth-order valence-electron chi connectivity index (χ4n) is 2.22. The maximum absolute atomic E-state index is 12.1. The van der Waals surface area contributed by atoms with Gasteiger partial charge < -0.3 is 10.0 Å². The van der Waals surface area contributed by atoms with Gasteiger partial charge in [0.25, 0.3) is 0 Å². The van der Waals surface area contributed by atoms with Crippen LogP contribution in [0, 0.1) is 0 Å². The summed E-state index contributed by atoms with van der Waals surface area (Å²) >= 11 is 0. The molecular weight excluding hydrogens is 260 g/mol. The fraction of sp³-hybridized carbons (Fsp3) is 0.692. The number of aromatic carboxylic acids is 1. The number of likely N-dealkylation sites (N-methyl/N-ethyl adjacent to an activating group) is 1. The first-order valence-corrected chi connectivity index (χ1v) is 6.64. The lowest BCUT2D eigenvalue weighted by molar-refractivity contribution is -0.131.